The Labute approximate surface area is 105 Å². The molecule has 16 heavy (non-hydrogen) atoms. The molecule has 0 N–H and O–H groups in total. The molecule has 1 fully saturated rings. The molecule has 0 bridgehead atoms. The molecule has 1 saturated heterocycles. The maximum Gasteiger partial charge on any atom is 0.243 e. The molecule has 0 unspecified atom stereocenters. The molecule has 2 rings (SSSR count). The second kappa shape index (κ2) is 4.18. The van der Waals surface area contributed by atoms with E-state index in [4.69, 9.17) is 12.2 Å². The van der Waals surface area contributed by atoms with Crippen molar-refractivity contribution in [2.24, 2.45) is 0 Å². The van der Waals surface area contributed by atoms with E-state index in [0.29, 0.717) is 10.1 Å². The summed E-state index contributed by atoms with van der Waals surface area (Å²) in [5.74, 6) is 0.552. The van der Waals surface area contributed by atoms with Crippen LogP contribution in [-0.2, 0) is 4.79 Å². The van der Waals surface area contributed by atoms with E-state index in [2.05, 4.69) is 19.1 Å². The zero-order valence-corrected chi connectivity index (χ0v) is 11.2. The SMILES string of the molecule is Cc1cc(C)c(N2C(=O)CSC2=S)c(C)c1. The fraction of sp³-hybridized carbons (Fsp3) is 0.333. The Morgan fingerprint density at radius 1 is 1.25 bits per heavy atom. The third-order valence-electron chi connectivity index (χ3n) is 2.61. The van der Waals surface area contributed by atoms with Crippen LogP contribution in [-0.4, -0.2) is 16.0 Å². The maximum atomic E-state index is 11.8. The number of thioether (sulfide) groups is 1. The number of hydrogen-bond donors (Lipinski definition) is 0. The summed E-state index contributed by atoms with van der Waals surface area (Å²) >= 11 is 6.66. The monoisotopic (exact) mass is 251 g/mol. The predicted octanol–water partition coefficient (Wildman–Crippen LogP) is 2.98. The van der Waals surface area contributed by atoms with E-state index >= 15 is 0 Å². The van der Waals surface area contributed by atoms with E-state index in [1.54, 1.807) is 4.90 Å². The maximum absolute atomic E-state index is 11.8. The molecular formula is C12H13NOS2. The zero-order valence-electron chi connectivity index (χ0n) is 9.53. The van der Waals surface area contributed by atoms with E-state index in [1.165, 1.54) is 17.3 Å². The number of carbonyl (C=O) groups is 1. The van der Waals surface area contributed by atoms with Crippen LogP contribution in [0.1, 0.15) is 16.7 Å². The van der Waals surface area contributed by atoms with Crippen LogP contribution in [0.4, 0.5) is 5.69 Å². The number of hydrogen-bond acceptors (Lipinski definition) is 3. The van der Waals surface area contributed by atoms with Gasteiger partial charge in [-0.3, -0.25) is 9.69 Å². The highest BCUT2D eigenvalue weighted by Crippen LogP contribution is 2.32. The average Bonchev–Trinajstić information content (AvgIpc) is 2.47. The molecule has 1 aliphatic rings. The lowest BCUT2D eigenvalue weighted by Gasteiger charge is -2.20. The zero-order chi connectivity index (χ0) is 11.9. The van der Waals surface area contributed by atoms with E-state index in [9.17, 15) is 4.79 Å². The summed E-state index contributed by atoms with van der Waals surface area (Å²) in [6.07, 6.45) is 0. The first-order chi connectivity index (χ1) is 7.50. The number of nitrogens with zero attached hydrogens (tertiary/aromatic N) is 1. The van der Waals surface area contributed by atoms with Gasteiger partial charge in [0.15, 0.2) is 0 Å². The van der Waals surface area contributed by atoms with Gasteiger partial charge in [-0.2, -0.15) is 0 Å². The third kappa shape index (κ3) is 1.87. The molecule has 84 valence electrons. The molecule has 1 amide bonds. The van der Waals surface area contributed by atoms with Gasteiger partial charge in [-0.25, -0.2) is 0 Å². The summed E-state index contributed by atoms with van der Waals surface area (Å²) in [6.45, 7) is 6.10. The minimum atomic E-state index is 0.0880. The molecule has 0 spiro atoms. The average molecular weight is 251 g/mol. The normalized spacial score (nSPS) is 16.1. The molecule has 0 aromatic heterocycles. The Morgan fingerprint density at radius 3 is 2.25 bits per heavy atom. The first kappa shape index (κ1) is 11.6. The molecule has 0 aliphatic carbocycles. The molecule has 4 heteroatoms. The molecule has 0 saturated carbocycles. The standard InChI is InChI=1S/C12H13NOS2/c1-7-4-8(2)11(9(3)5-7)13-10(14)6-16-12(13)15/h4-5H,6H2,1-3H3. The number of carbonyl (C=O) groups excluding carboxylic acids is 1. The molecular weight excluding hydrogens is 238 g/mol. The highest BCUT2D eigenvalue weighted by molar-refractivity contribution is 8.24. The first-order valence-electron chi connectivity index (χ1n) is 5.08. The first-order valence-corrected chi connectivity index (χ1v) is 6.47. The molecule has 0 atom stereocenters. The Balaban J connectivity index is 2.55. The highest BCUT2D eigenvalue weighted by atomic mass is 32.2. The van der Waals surface area contributed by atoms with Crippen LogP contribution >= 0.6 is 24.0 Å². The van der Waals surface area contributed by atoms with Crippen molar-refractivity contribution >= 4 is 39.9 Å². The van der Waals surface area contributed by atoms with Gasteiger partial charge in [0.25, 0.3) is 0 Å². The summed E-state index contributed by atoms with van der Waals surface area (Å²) in [4.78, 5) is 13.5. The third-order valence-corrected chi connectivity index (χ3v) is 3.97. The number of anilines is 1. The van der Waals surface area contributed by atoms with Gasteiger partial charge in [0.1, 0.15) is 4.32 Å². The molecule has 0 radical (unpaired) electrons. The van der Waals surface area contributed by atoms with Gasteiger partial charge >= 0.3 is 0 Å². The summed E-state index contributed by atoms with van der Waals surface area (Å²) in [5.41, 5.74) is 4.39. The van der Waals surface area contributed by atoms with Crippen LogP contribution in [0, 0.1) is 20.8 Å². The van der Waals surface area contributed by atoms with Gasteiger partial charge < -0.3 is 0 Å². The lowest BCUT2D eigenvalue weighted by atomic mass is 10.0. The van der Waals surface area contributed by atoms with Crippen LogP contribution < -0.4 is 4.90 Å². The van der Waals surface area contributed by atoms with Crippen molar-refractivity contribution in [2.45, 2.75) is 20.8 Å². The lowest BCUT2D eigenvalue weighted by molar-refractivity contribution is -0.115. The Kier molecular flexibility index (Phi) is 3.04. The van der Waals surface area contributed by atoms with Gasteiger partial charge in [-0.15, -0.1) is 0 Å². The Hall–Kier alpha value is -0.870. The van der Waals surface area contributed by atoms with Gasteiger partial charge in [-0.05, 0) is 31.9 Å². The molecule has 1 aliphatic heterocycles. The van der Waals surface area contributed by atoms with Crippen LogP contribution in [0.25, 0.3) is 0 Å². The predicted molar refractivity (Wildman–Crippen MR) is 73.2 cm³/mol. The van der Waals surface area contributed by atoms with Crippen LogP contribution in [0.2, 0.25) is 0 Å². The Bertz CT molecular complexity index is 443. The van der Waals surface area contributed by atoms with Gasteiger partial charge in [0.05, 0.1) is 11.4 Å². The quantitative estimate of drug-likeness (QED) is 0.716. The second-order valence-corrected chi connectivity index (χ2v) is 5.64. The molecule has 1 aromatic carbocycles. The van der Waals surface area contributed by atoms with Crippen molar-refractivity contribution < 1.29 is 4.79 Å². The lowest BCUT2D eigenvalue weighted by Crippen LogP contribution is -2.29. The van der Waals surface area contributed by atoms with Gasteiger partial charge in [-0.1, -0.05) is 41.7 Å². The number of thiocarbonyl (C=S) groups is 1. The van der Waals surface area contributed by atoms with Crippen molar-refractivity contribution in [1.29, 1.82) is 0 Å². The van der Waals surface area contributed by atoms with Crippen molar-refractivity contribution in [2.75, 3.05) is 10.7 Å². The van der Waals surface area contributed by atoms with E-state index in [1.807, 2.05) is 13.8 Å². The smallest absolute Gasteiger partial charge is 0.243 e. The van der Waals surface area contributed by atoms with Crippen molar-refractivity contribution in [3.05, 3.63) is 28.8 Å². The second-order valence-electron chi connectivity index (χ2n) is 4.03. The van der Waals surface area contributed by atoms with Gasteiger partial charge in [0, 0.05) is 0 Å². The summed E-state index contributed by atoms with van der Waals surface area (Å²) in [6, 6.07) is 4.17. The topological polar surface area (TPSA) is 20.3 Å². The van der Waals surface area contributed by atoms with E-state index in [0.717, 1.165) is 16.8 Å². The van der Waals surface area contributed by atoms with Crippen molar-refractivity contribution in [3.63, 3.8) is 0 Å². The summed E-state index contributed by atoms with van der Waals surface area (Å²) < 4.78 is 0.667. The number of rotatable bonds is 1. The largest absolute Gasteiger partial charge is 0.273 e. The number of aryl methyl sites for hydroxylation is 3. The minimum Gasteiger partial charge on any atom is -0.273 e. The van der Waals surface area contributed by atoms with E-state index in [-0.39, 0.29) is 5.91 Å². The molecule has 1 aromatic rings. The van der Waals surface area contributed by atoms with Crippen LogP contribution in [0.5, 0.6) is 0 Å². The number of amides is 1. The summed E-state index contributed by atoms with van der Waals surface area (Å²) in [7, 11) is 0. The number of benzene rings is 1. The van der Waals surface area contributed by atoms with Crippen molar-refractivity contribution in [1.82, 2.24) is 0 Å². The fourth-order valence-electron chi connectivity index (χ4n) is 2.10. The molecule has 1 heterocycles. The summed E-state index contributed by atoms with van der Waals surface area (Å²) in [5, 5.41) is 0. The minimum absolute atomic E-state index is 0.0880. The molecule has 2 nitrogen and oxygen atoms in total. The van der Waals surface area contributed by atoms with Crippen LogP contribution in [0.3, 0.4) is 0 Å². The fourth-order valence-corrected chi connectivity index (χ4v) is 3.16. The van der Waals surface area contributed by atoms with Crippen molar-refractivity contribution in [3.8, 4) is 0 Å². The Morgan fingerprint density at radius 2 is 1.81 bits per heavy atom. The van der Waals surface area contributed by atoms with E-state index < -0.39 is 0 Å². The van der Waals surface area contributed by atoms with Crippen LogP contribution in [0.15, 0.2) is 12.1 Å². The van der Waals surface area contributed by atoms with Gasteiger partial charge in [0.2, 0.25) is 5.91 Å². The highest BCUT2D eigenvalue weighted by Gasteiger charge is 2.30.